The highest BCUT2D eigenvalue weighted by Crippen LogP contribution is 2.46. The summed E-state index contributed by atoms with van der Waals surface area (Å²) in [6.07, 6.45) is 2.35. The van der Waals surface area contributed by atoms with Crippen LogP contribution in [0.1, 0.15) is 35.4 Å². The topological polar surface area (TPSA) is 43.8 Å². The van der Waals surface area contributed by atoms with Crippen molar-refractivity contribution in [3.05, 3.63) is 46.8 Å². The smallest absolute Gasteiger partial charge is 0.0706 e. The average molecular weight is 255 g/mol. The van der Waals surface area contributed by atoms with Crippen molar-refractivity contribution in [3.8, 4) is 5.69 Å². The first-order valence-corrected chi connectivity index (χ1v) is 6.91. The van der Waals surface area contributed by atoms with Gasteiger partial charge in [-0.2, -0.15) is 5.10 Å². The molecule has 0 bridgehead atoms. The van der Waals surface area contributed by atoms with Gasteiger partial charge in [0.2, 0.25) is 0 Å². The number of nitrogens with two attached hydrogens (primary N) is 1. The number of hydrogen-bond acceptors (Lipinski definition) is 2. The first-order chi connectivity index (χ1) is 9.05. The molecule has 3 heteroatoms. The Morgan fingerprint density at radius 2 is 1.95 bits per heavy atom. The van der Waals surface area contributed by atoms with Crippen LogP contribution in [0.5, 0.6) is 0 Å². The summed E-state index contributed by atoms with van der Waals surface area (Å²) in [7, 11) is 0. The molecule has 0 saturated heterocycles. The van der Waals surface area contributed by atoms with Crippen molar-refractivity contribution >= 4 is 0 Å². The van der Waals surface area contributed by atoms with Crippen LogP contribution in [0.15, 0.2) is 24.3 Å². The van der Waals surface area contributed by atoms with E-state index in [9.17, 15) is 0 Å². The van der Waals surface area contributed by atoms with E-state index in [1.54, 1.807) is 0 Å². The van der Waals surface area contributed by atoms with Crippen LogP contribution in [0.25, 0.3) is 5.69 Å². The first kappa shape index (κ1) is 12.4. The van der Waals surface area contributed by atoms with E-state index in [4.69, 9.17) is 10.8 Å². The number of aryl methyl sites for hydroxylation is 3. The lowest BCUT2D eigenvalue weighted by Crippen LogP contribution is -2.20. The largest absolute Gasteiger partial charge is 0.330 e. The standard InChI is InChI=1S/C16H21N3/c1-11-4-5-14(12(2)8-11)19-13(3)9-15(18-19)16(10-17)6-7-16/h4-5,8-9H,6-7,10,17H2,1-3H3. The number of rotatable bonds is 3. The zero-order valence-corrected chi connectivity index (χ0v) is 11.9. The second kappa shape index (κ2) is 4.20. The molecule has 19 heavy (non-hydrogen) atoms. The Kier molecular flexibility index (Phi) is 2.75. The van der Waals surface area contributed by atoms with Crippen molar-refractivity contribution in [3.63, 3.8) is 0 Å². The van der Waals surface area contributed by atoms with Gasteiger partial charge in [-0.25, -0.2) is 4.68 Å². The normalized spacial score (nSPS) is 16.6. The van der Waals surface area contributed by atoms with Crippen molar-refractivity contribution in [2.75, 3.05) is 6.54 Å². The third-order valence-corrected chi connectivity index (χ3v) is 4.26. The molecule has 1 saturated carbocycles. The lowest BCUT2D eigenvalue weighted by molar-refractivity contribution is 0.659. The molecule has 100 valence electrons. The highest BCUT2D eigenvalue weighted by molar-refractivity contribution is 5.44. The van der Waals surface area contributed by atoms with Crippen LogP contribution in [0.2, 0.25) is 0 Å². The molecule has 0 spiro atoms. The SMILES string of the molecule is Cc1ccc(-n2nc(C3(CN)CC3)cc2C)c(C)c1. The fraction of sp³-hybridized carbons (Fsp3) is 0.438. The van der Waals surface area contributed by atoms with Crippen molar-refractivity contribution in [1.82, 2.24) is 9.78 Å². The van der Waals surface area contributed by atoms with E-state index in [0.29, 0.717) is 6.54 Å². The van der Waals surface area contributed by atoms with Crippen LogP contribution in [-0.2, 0) is 5.41 Å². The van der Waals surface area contributed by atoms with Crippen LogP contribution in [0, 0.1) is 20.8 Å². The number of nitrogens with zero attached hydrogens (tertiary/aromatic N) is 2. The monoisotopic (exact) mass is 255 g/mol. The minimum Gasteiger partial charge on any atom is -0.330 e. The molecule has 1 heterocycles. The molecule has 3 rings (SSSR count). The summed E-state index contributed by atoms with van der Waals surface area (Å²) >= 11 is 0. The second-order valence-corrected chi connectivity index (χ2v) is 5.86. The molecule has 1 aromatic carbocycles. The zero-order valence-electron chi connectivity index (χ0n) is 11.9. The summed E-state index contributed by atoms with van der Waals surface area (Å²) in [6, 6.07) is 8.68. The quantitative estimate of drug-likeness (QED) is 0.916. The summed E-state index contributed by atoms with van der Waals surface area (Å²) in [5.74, 6) is 0. The van der Waals surface area contributed by atoms with Crippen LogP contribution < -0.4 is 5.73 Å². The van der Waals surface area contributed by atoms with E-state index in [2.05, 4.69) is 49.7 Å². The molecule has 0 unspecified atom stereocenters. The van der Waals surface area contributed by atoms with Gasteiger partial charge in [0.15, 0.2) is 0 Å². The number of aromatic nitrogens is 2. The van der Waals surface area contributed by atoms with Gasteiger partial charge < -0.3 is 5.73 Å². The van der Waals surface area contributed by atoms with E-state index >= 15 is 0 Å². The lowest BCUT2D eigenvalue weighted by atomic mass is 10.0. The van der Waals surface area contributed by atoms with Gasteiger partial charge in [-0.1, -0.05) is 17.7 Å². The molecule has 2 N–H and O–H groups in total. The molecule has 1 aliphatic carbocycles. The molecule has 1 aromatic heterocycles. The molecule has 0 atom stereocenters. The van der Waals surface area contributed by atoms with Gasteiger partial charge in [-0.05, 0) is 51.3 Å². The fourth-order valence-electron chi connectivity index (χ4n) is 2.74. The highest BCUT2D eigenvalue weighted by Gasteiger charge is 2.45. The molecule has 3 nitrogen and oxygen atoms in total. The molecule has 2 aromatic rings. The van der Waals surface area contributed by atoms with Crippen LogP contribution in [0.4, 0.5) is 0 Å². The van der Waals surface area contributed by atoms with Crippen molar-refractivity contribution in [2.45, 2.75) is 39.0 Å². The molecule has 1 aliphatic rings. The maximum Gasteiger partial charge on any atom is 0.0706 e. The molecule has 1 fully saturated rings. The van der Waals surface area contributed by atoms with Gasteiger partial charge in [0.05, 0.1) is 11.4 Å². The van der Waals surface area contributed by atoms with E-state index in [0.717, 1.165) is 5.69 Å². The van der Waals surface area contributed by atoms with Crippen LogP contribution in [0.3, 0.4) is 0 Å². The van der Waals surface area contributed by atoms with Gasteiger partial charge in [-0.15, -0.1) is 0 Å². The van der Waals surface area contributed by atoms with E-state index in [1.165, 1.54) is 35.3 Å². The third-order valence-electron chi connectivity index (χ3n) is 4.26. The van der Waals surface area contributed by atoms with E-state index in [-0.39, 0.29) is 5.41 Å². The van der Waals surface area contributed by atoms with Gasteiger partial charge in [-0.3, -0.25) is 0 Å². The van der Waals surface area contributed by atoms with E-state index < -0.39 is 0 Å². The Bertz CT molecular complexity index is 621. The summed E-state index contributed by atoms with van der Waals surface area (Å²) in [4.78, 5) is 0. The maximum atomic E-state index is 5.90. The summed E-state index contributed by atoms with van der Waals surface area (Å²) < 4.78 is 2.06. The van der Waals surface area contributed by atoms with Crippen molar-refractivity contribution in [1.29, 1.82) is 0 Å². The van der Waals surface area contributed by atoms with Gasteiger partial charge in [0.25, 0.3) is 0 Å². The lowest BCUT2D eigenvalue weighted by Gasteiger charge is -2.10. The third kappa shape index (κ3) is 1.98. The Hall–Kier alpha value is -1.61. The fourth-order valence-corrected chi connectivity index (χ4v) is 2.74. The molecular weight excluding hydrogens is 234 g/mol. The summed E-state index contributed by atoms with van der Waals surface area (Å²) in [6.45, 7) is 7.07. The maximum absolute atomic E-state index is 5.90. The average Bonchev–Trinajstić information content (AvgIpc) is 3.08. The van der Waals surface area contributed by atoms with Gasteiger partial charge in [0, 0.05) is 17.7 Å². The van der Waals surface area contributed by atoms with Gasteiger partial charge in [0.1, 0.15) is 0 Å². The first-order valence-electron chi connectivity index (χ1n) is 6.91. The predicted octanol–water partition coefficient (Wildman–Crippen LogP) is 2.79. The van der Waals surface area contributed by atoms with Crippen LogP contribution in [-0.4, -0.2) is 16.3 Å². The highest BCUT2D eigenvalue weighted by atomic mass is 15.3. The predicted molar refractivity (Wildman–Crippen MR) is 77.7 cm³/mol. The molecule has 0 amide bonds. The van der Waals surface area contributed by atoms with Crippen molar-refractivity contribution in [2.24, 2.45) is 5.73 Å². The zero-order chi connectivity index (χ0) is 13.6. The minimum absolute atomic E-state index is 0.161. The number of hydrogen-bond donors (Lipinski definition) is 1. The van der Waals surface area contributed by atoms with Crippen LogP contribution >= 0.6 is 0 Å². The Morgan fingerprint density at radius 3 is 2.53 bits per heavy atom. The van der Waals surface area contributed by atoms with E-state index in [1.807, 2.05) is 0 Å². The Labute approximate surface area is 114 Å². The van der Waals surface area contributed by atoms with Crippen molar-refractivity contribution < 1.29 is 0 Å². The molecule has 0 aliphatic heterocycles. The Morgan fingerprint density at radius 1 is 1.21 bits per heavy atom. The van der Waals surface area contributed by atoms with Gasteiger partial charge >= 0.3 is 0 Å². The molecular formula is C16H21N3. The summed E-state index contributed by atoms with van der Waals surface area (Å²) in [5, 5.41) is 4.81. The Balaban J connectivity index is 2.06. The summed E-state index contributed by atoms with van der Waals surface area (Å²) in [5.41, 5.74) is 12.1. The number of benzene rings is 1. The molecule has 0 radical (unpaired) electrons. The second-order valence-electron chi connectivity index (χ2n) is 5.86. The minimum atomic E-state index is 0.161.